The highest BCUT2D eigenvalue weighted by atomic mass is 15.3. The average Bonchev–Trinajstić information content (AvgIpc) is 3.34. The van der Waals surface area contributed by atoms with Crippen molar-refractivity contribution in [3.8, 4) is 0 Å². The van der Waals surface area contributed by atoms with E-state index in [-0.39, 0.29) is 0 Å². The number of rotatable bonds is 6. The molecule has 2 fully saturated rings. The van der Waals surface area contributed by atoms with Crippen LogP contribution < -0.4 is 10.2 Å². The third-order valence-corrected chi connectivity index (χ3v) is 5.26. The standard InChI is InChI=1S/C18H27N7/c1-13(2)25-12-22-23-18(25)15-5-7-24(8-6-15)17-9-16(20-11-21-17)19-10-14-3-4-14/h9,11-15H,3-8,10H2,1-2H3,(H,19,20,21). The third-order valence-electron chi connectivity index (χ3n) is 5.26. The van der Waals surface area contributed by atoms with Gasteiger partial charge < -0.3 is 14.8 Å². The van der Waals surface area contributed by atoms with E-state index in [4.69, 9.17) is 0 Å². The van der Waals surface area contributed by atoms with E-state index in [0.29, 0.717) is 12.0 Å². The molecular weight excluding hydrogens is 314 g/mol. The number of hydrogen-bond donors (Lipinski definition) is 1. The molecule has 7 nitrogen and oxygen atoms in total. The first-order chi connectivity index (χ1) is 12.2. The lowest BCUT2D eigenvalue weighted by molar-refractivity contribution is 0.447. The Hall–Kier alpha value is -2.18. The lowest BCUT2D eigenvalue weighted by Crippen LogP contribution is -2.34. The minimum absolute atomic E-state index is 0.407. The van der Waals surface area contributed by atoms with Crippen LogP contribution in [0.1, 0.15) is 57.3 Å². The van der Waals surface area contributed by atoms with Crippen molar-refractivity contribution in [3.63, 3.8) is 0 Å². The summed E-state index contributed by atoms with van der Waals surface area (Å²) < 4.78 is 2.20. The summed E-state index contributed by atoms with van der Waals surface area (Å²) in [6.45, 7) is 7.38. The molecule has 1 saturated heterocycles. The van der Waals surface area contributed by atoms with Gasteiger partial charge in [0.2, 0.25) is 0 Å². The van der Waals surface area contributed by atoms with Crippen LogP contribution in [-0.2, 0) is 0 Å². The maximum absolute atomic E-state index is 4.48. The first kappa shape index (κ1) is 16.3. The number of piperidine rings is 1. The van der Waals surface area contributed by atoms with Gasteiger partial charge in [0.1, 0.15) is 30.1 Å². The van der Waals surface area contributed by atoms with Crippen LogP contribution >= 0.6 is 0 Å². The van der Waals surface area contributed by atoms with Gasteiger partial charge in [0, 0.05) is 37.7 Å². The van der Waals surface area contributed by atoms with Gasteiger partial charge in [0.15, 0.2) is 0 Å². The molecule has 2 aliphatic rings. The molecule has 7 heteroatoms. The number of nitrogens with one attached hydrogen (secondary N) is 1. The number of hydrogen-bond acceptors (Lipinski definition) is 6. The van der Waals surface area contributed by atoms with Gasteiger partial charge in [-0.25, -0.2) is 9.97 Å². The molecule has 3 heterocycles. The van der Waals surface area contributed by atoms with Crippen LogP contribution in [0.5, 0.6) is 0 Å². The normalized spacial score (nSPS) is 18.8. The molecule has 1 aliphatic carbocycles. The van der Waals surface area contributed by atoms with Crippen LogP contribution in [-0.4, -0.2) is 44.4 Å². The van der Waals surface area contributed by atoms with Crippen LogP contribution in [0.2, 0.25) is 0 Å². The number of aromatic nitrogens is 5. The minimum Gasteiger partial charge on any atom is -0.370 e. The van der Waals surface area contributed by atoms with E-state index in [1.54, 1.807) is 6.33 Å². The molecule has 2 aromatic rings. The van der Waals surface area contributed by atoms with Crippen molar-refractivity contribution < 1.29 is 0 Å². The molecule has 1 N–H and O–H groups in total. The van der Waals surface area contributed by atoms with E-state index >= 15 is 0 Å². The highest BCUT2D eigenvalue weighted by Crippen LogP contribution is 2.31. The zero-order chi connectivity index (χ0) is 17.2. The number of nitrogens with zero attached hydrogens (tertiary/aromatic N) is 6. The van der Waals surface area contributed by atoms with Gasteiger partial charge in [-0.05, 0) is 45.4 Å². The summed E-state index contributed by atoms with van der Waals surface area (Å²) in [5.41, 5.74) is 0. The molecule has 0 bridgehead atoms. The maximum atomic E-state index is 4.48. The fourth-order valence-corrected chi connectivity index (χ4v) is 3.50. The van der Waals surface area contributed by atoms with E-state index in [2.05, 4.69) is 54.9 Å². The highest BCUT2D eigenvalue weighted by molar-refractivity contribution is 5.48. The van der Waals surface area contributed by atoms with Gasteiger partial charge in [0.05, 0.1) is 0 Å². The van der Waals surface area contributed by atoms with E-state index in [1.165, 1.54) is 12.8 Å². The van der Waals surface area contributed by atoms with Gasteiger partial charge in [-0.15, -0.1) is 10.2 Å². The van der Waals surface area contributed by atoms with Gasteiger partial charge in [-0.1, -0.05) is 0 Å². The summed E-state index contributed by atoms with van der Waals surface area (Å²) in [4.78, 5) is 11.2. The topological polar surface area (TPSA) is 71.8 Å². The van der Waals surface area contributed by atoms with Gasteiger partial charge in [-0.3, -0.25) is 0 Å². The second-order valence-corrected chi connectivity index (χ2v) is 7.54. The van der Waals surface area contributed by atoms with Crippen molar-refractivity contribution in [1.29, 1.82) is 0 Å². The van der Waals surface area contributed by atoms with Crippen molar-refractivity contribution in [2.45, 2.75) is 51.5 Å². The van der Waals surface area contributed by atoms with Crippen LogP contribution in [0.3, 0.4) is 0 Å². The molecule has 134 valence electrons. The molecule has 1 saturated carbocycles. The Morgan fingerprint density at radius 3 is 2.68 bits per heavy atom. The van der Waals surface area contributed by atoms with Gasteiger partial charge in [0.25, 0.3) is 0 Å². The van der Waals surface area contributed by atoms with Crippen LogP contribution in [0, 0.1) is 5.92 Å². The molecule has 0 spiro atoms. The van der Waals surface area contributed by atoms with Crippen molar-refractivity contribution in [2.75, 3.05) is 29.9 Å². The molecule has 0 unspecified atom stereocenters. The van der Waals surface area contributed by atoms with E-state index in [9.17, 15) is 0 Å². The summed E-state index contributed by atoms with van der Waals surface area (Å²) in [6.07, 6.45) is 8.39. The van der Waals surface area contributed by atoms with E-state index in [0.717, 1.165) is 55.9 Å². The zero-order valence-corrected chi connectivity index (χ0v) is 15.1. The summed E-state index contributed by atoms with van der Waals surface area (Å²) in [6, 6.07) is 2.49. The molecule has 0 amide bonds. The SMILES string of the molecule is CC(C)n1cnnc1C1CCN(c2cc(NCC3CC3)ncn2)CC1. The summed E-state index contributed by atoms with van der Waals surface area (Å²) in [7, 11) is 0. The maximum Gasteiger partial charge on any atom is 0.136 e. The lowest BCUT2D eigenvalue weighted by Gasteiger charge is -2.32. The molecular formula is C18H27N7. The van der Waals surface area contributed by atoms with Crippen molar-refractivity contribution >= 4 is 11.6 Å². The van der Waals surface area contributed by atoms with Crippen LogP contribution in [0.4, 0.5) is 11.6 Å². The monoisotopic (exact) mass is 341 g/mol. The fraction of sp³-hybridized carbons (Fsp3) is 0.667. The van der Waals surface area contributed by atoms with Crippen LogP contribution in [0.25, 0.3) is 0 Å². The first-order valence-corrected chi connectivity index (χ1v) is 9.41. The largest absolute Gasteiger partial charge is 0.370 e. The molecule has 0 atom stereocenters. The van der Waals surface area contributed by atoms with Crippen LogP contribution in [0.15, 0.2) is 18.7 Å². The average molecular weight is 341 g/mol. The Morgan fingerprint density at radius 1 is 1.16 bits per heavy atom. The second-order valence-electron chi connectivity index (χ2n) is 7.54. The van der Waals surface area contributed by atoms with Gasteiger partial charge >= 0.3 is 0 Å². The molecule has 2 aromatic heterocycles. The second kappa shape index (κ2) is 6.98. The third kappa shape index (κ3) is 3.75. The Balaban J connectivity index is 1.38. The van der Waals surface area contributed by atoms with Crippen molar-refractivity contribution in [1.82, 2.24) is 24.7 Å². The zero-order valence-electron chi connectivity index (χ0n) is 15.1. The molecule has 0 aromatic carbocycles. The Labute approximate surface area is 148 Å². The smallest absolute Gasteiger partial charge is 0.136 e. The molecule has 1 aliphatic heterocycles. The lowest BCUT2D eigenvalue weighted by atomic mass is 9.95. The Kier molecular flexibility index (Phi) is 4.55. The minimum atomic E-state index is 0.407. The predicted octanol–water partition coefficient (Wildman–Crippen LogP) is 2.85. The fourth-order valence-electron chi connectivity index (χ4n) is 3.50. The molecule has 25 heavy (non-hydrogen) atoms. The Bertz CT molecular complexity index is 699. The predicted molar refractivity (Wildman–Crippen MR) is 97.8 cm³/mol. The van der Waals surface area contributed by atoms with Crippen molar-refractivity contribution in [3.05, 3.63) is 24.5 Å². The molecule has 0 radical (unpaired) electrons. The van der Waals surface area contributed by atoms with E-state index in [1.807, 2.05) is 6.33 Å². The van der Waals surface area contributed by atoms with E-state index < -0.39 is 0 Å². The molecule has 4 rings (SSSR count). The summed E-state index contributed by atoms with van der Waals surface area (Å²) >= 11 is 0. The quantitative estimate of drug-likeness (QED) is 0.871. The van der Waals surface area contributed by atoms with Gasteiger partial charge in [-0.2, -0.15) is 0 Å². The summed E-state index contributed by atoms with van der Waals surface area (Å²) in [5, 5.41) is 11.9. The summed E-state index contributed by atoms with van der Waals surface area (Å²) in [5.74, 6) is 4.42. The van der Waals surface area contributed by atoms with Crippen molar-refractivity contribution in [2.24, 2.45) is 5.92 Å². The first-order valence-electron chi connectivity index (χ1n) is 9.41. The number of anilines is 2. The Morgan fingerprint density at radius 2 is 1.96 bits per heavy atom. The highest BCUT2D eigenvalue weighted by Gasteiger charge is 2.26.